The highest BCUT2D eigenvalue weighted by atomic mass is 19.1. The van der Waals surface area contributed by atoms with Crippen molar-refractivity contribution in [3.63, 3.8) is 0 Å². The predicted octanol–water partition coefficient (Wildman–Crippen LogP) is 0.234. The Balaban J connectivity index is 2.68. The van der Waals surface area contributed by atoms with Crippen LogP contribution in [0.3, 0.4) is 0 Å². The summed E-state index contributed by atoms with van der Waals surface area (Å²) in [5.74, 6) is -0.475. The first kappa shape index (κ1) is 5.54. The highest BCUT2D eigenvalue weighted by Gasteiger charge is 2.37. The van der Waals surface area contributed by atoms with Crippen molar-refractivity contribution >= 4 is 5.91 Å². The summed E-state index contributed by atoms with van der Waals surface area (Å²) in [5, 5.41) is 2.40. The molecule has 0 aliphatic carbocycles. The lowest BCUT2D eigenvalue weighted by atomic mass is 10.1. The van der Waals surface area contributed by atoms with Gasteiger partial charge >= 0.3 is 0 Å². The van der Waals surface area contributed by atoms with Crippen molar-refractivity contribution in [3.05, 3.63) is 0 Å². The van der Waals surface area contributed by atoms with Crippen LogP contribution in [0.5, 0.6) is 0 Å². The van der Waals surface area contributed by atoms with Gasteiger partial charge in [-0.25, -0.2) is 4.39 Å². The number of hydrogen-bond acceptors (Lipinski definition) is 1. The molecular formula is C5H8FNO. The van der Waals surface area contributed by atoms with Crippen LogP contribution in [0.25, 0.3) is 0 Å². The van der Waals surface area contributed by atoms with E-state index in [-0.39, 0.29) is 0 Å². The van der Waals surface area contributed by atoms with Crippen molar-refractivity contribution in [2.24, 2.45) is 0 Å². The zero-order valence-electron chi connectivity index (χ0n) is 4.70. The van der Waals surface area contributed by atoms with Gasteiger partial charge in [-0.1, -0.05) is 0 Å². The molecule has 8 heavy (non-hydrogen) atoms. The minimum absolute atomic E-state index is 0.311. The van der Waals surface area contributed by atoms with E-state index in [9.17, 15) is 9.18 Å². The number of amides is 1. The molecule has 1 heterocycles. The molecule has 2 nitrogen and oxygen atoms in total. The first-order chi connectivity index (χ1) is 3.63. The Morgan fingerprint density at radius 2 is 2.50 bits per heavy atom. The van der Waals surface area contributed by atoms with Gasteiger partial charge in [-0.15, -0.1) is 0 Å². The van der Waals surface area contributed by atoms with Gasteiger partial charge in [0, 0.05) is 13.0 Å². The number of carbonyl (C=O) groups excluding carboxylic acids is 1. The maximum Gasteiger partial charge on any atom is 0.257 e. The highest BCUT2D eigenvalue weighted by Crippen LogP contribution is 2.18. The number of halogens is 1. The third kappa shape index (κ3) is 0.680. The second kappa shape index (κ2) is 1.44. The maximum atomic E-state index is 12.6. The number of nitrogens with one attached hydrogen (secondary N) is 1. The first-order valence-electron chi connectivity index (χ1n) is 2.60. The van der Waals surface area contributed by atoms with Gasteiger partial charge in [-0.3, -0.25) is 4.79 Å². The molecule has 1 atom stereocenters. The largest absolute Gasteiger partial charge is 0.353 e. The molecule has 0 saturated carbocycles. The SMILES string of the molecule is C[C@@]1(F)CCNC1=O. The van der Waals surface area contributed by atoms with Crippen molar-refractivity contribution in [1.82, 2.24) is 5.32 Å². The number of rotatable bonds is 0. The maximum absolute atomic E-state index is 12.6. The van der Waals surface area contributed by atoms with E-state index in [1.165, 1.54) is 6.92 Å². The van der Waals surface area contributed by atoms with E-state index in [0.717, 1.165) is 0 Å². The van der Waals surface area contributed by atoms with Crippen molar-refractivity contribution in [1.29, 1.82) is 0 Å². The first-order valence-corrected chi connectivity index (χ1v) is 2.60. The van der Waals surface area contributed by atoms with Crippen molar-refractivity contribution < 1.29 is 9.18 Å². The van der Waals surface area contributed by atoms with Crippen LogP contribution >= 0.6 is 0 Å². The second-order valence-corrected chi connectivity index (χ2v) is 2.20. The fourth-order valence-electron chi connectivity index (χ4n) is 0.709. The third-order valence-corrected chi connectivity index (χ3v) is 1.35. The molecule has 0 unspecified atom stereocenters. The average Bonchev–Trinajstić information content (AvgIpc) is 1.86. The van der Waals surface area contributed by atoms with Gasteiger partial charge < -0.3 is 5.32 Å². The third-order valence-electron chi connectivity index (χ3n) is 1.35. The number of carbonyl (C=O) groups is 1. The summed E-state index contributed by atoms with van der Waals surface area (Å²) in [4.78, 5) is 10.4. The summed E-state index contributed by atoms with van der Waals surface area (Å²) in [7, 11) is 0. The molecule has 0 bridgehead atoms. The van der Waals surface area contributed by atoms with E-state index in [1.54, 1.807) is 0 Å². The van der Waals surface area contributed by atoms with Gasteiger partial charge in [-0.2, -0.15) is 0 Å². The Labute approximate surface area is 47.1 Å². The summed E-state index contributed by atoms with van der Waals surface area (Å²) < 4.78 is 12.6. The molecule has 3 heteroatoms. The van der Waals surface area contributed by atoms with Crippen molar-refractivity contribution in [2.75, 3.05) is 6.54 Å². The zero-order chi connectivity index (χ0) is 6.20. The van der Waals surface area contributed by atoms with Gasteiger partial charge in [0.25, 0.3) is 5.91 Å². The van der Waals surface area contributed by atoms with Gasteiger partial charge in [-0.05, 0) is 6.92 Å². The molecule has 1 rings (SSSR count). The smallest absolute Gasteiger partial charge is 0.257 e. The molecule has 0 aromatic carbocycles. The molecular weight excluding hydrogens is 109 g/mol. The Kier molecular flexibility index (Phi) is 0.994. The van der Waals surface area contributed by atoms with Crippen molar-refractivity contribution in [3.8, 4) is 0 Å². The fourth-order valence-corrected chi connectivity index (χ4v) is 0.709. The topological polar surface area (TPSA) is 29.1 Å². The molecule has 0 aromatic rings. The Hall–Kier alpha value is -0.600. The minimum atomic E-state index is -1.60. The summed E-state index contributed by atoms with van der Waals surface area (Å²) >= 11 is 0. The summed E-state index contributed by atoms with van der Waals surface area (Å²) in [5.41, 5.74) is -1.60. The molecule has 1 aliphatic rings. The van der Waals surface area contributed by atoms with Crippen LogP contribution in [0.1, 0.15) is 13.3 Å². The van der Waals surface area contributed by atoms with Crippen LogP contribution in [0.2, 0.25) is 0 Å². The molecule has 1 fully saturated rings. The lowest BCUT2D eigenvalue weighted by molar-refractivity contribution is -0.128. The lowest BCUT2D eigenvalue weighted by Crippen LogP contribution is -2.29. The van der Waals surface area contributed by atoms with Gasteiger partial charge in [0.05, 0.1) is 0 Å². The average molecular weight is 117 g/mol. The quantitative estimate of drug-likeness (QED) is 0.483. The molecule has 1 amide bonds. The van der Waals surface area contributed by atoms with Crippen molar-refractivity contribution in [2.45, 2.75) is 19.0 Å². The van der Waals surface area contributed by atoms with E-state index in [1.807, 2.05) is 0 Å². The molecule has 46 valence electrons. The monoisotopic (exact) mass is 117 g/mol. The standard InChI is InChI=1S/C5H8FNO/c1-5(6)2-3-7-4(5)8/h2-3H2,1H3,(H,7,8)/t5-/m1/s1. The second-order valence-electron chi connectivity index (χ2n) is 2.20. The van der Waals surface area contributed by atoms with Gasteiger partial charge in [0.15, 0.2) is 5.67 Å². The zero-order valence-corrected chi connectivity index (χ0v) is 4.70. The molecule has 1 saturated heterocycles. The van der Waals surface area contributed by atoms with E-state index < -0.39 is 11.6 Å². The predicted molar refractivity (Wildman–Crippen MR) is 27.1 cm³/mol. The highest BCUT2D eigenvalue weighted by molar-refractivity contribution is 5.86. The van der Waals surface area contributed by atoms with Crippen LogP contribution in [0.4, 0.5) is 4.39 Å². The van der Waals surface area contributed by atoms with Crippen LogP contribution in [-0.2, 0) is 4.79 Å². The molecule has 0 spiro atoms. The van der Waals surface area contributed by atoms with Crippen LogP contribution in [0.15, 0.2) is 0 Å². The summed E-state index contributed by atoms with van der Waals surface area (Å²) in [6, 6.07) is 0. The Morgan fingerprint density at radius 1 is 1.88 bits per heavy atom. The number of alkyl halides is 1. The lowest BCUT2D eigenvalue weighted by Gasteiger charge is -2.05. The Morgan fingerprint density at radius 3 is 2.62 bits per heavy atom. The summed E-state index contributed by atoms with van der Waals surface area (Å²) in [6.07, 6.45) is 0.311. The number of hydrogen-bond donors (Lipinski definition) is 1. The molecule has 1 aliphatic heterocycles. The van der Waals surface area contributed by atoms with Crippen LogP contribution in [-0.4, -0.2) is 18.1 Å². The van der Waals surface area contributed by atoms with E-state index in [2.05, 4.69) is 5.32 Å². The van der Waals surface area contributed by atoms with E-state index >= 15 is 0 Å². The van der Waals surface area contributed by atoms with E-state index in [0.29, 0.717) is 13.0 Å². The molecule has 1 N–H and O–H groups in total. The molecule has 0 radical (unpaired) electrons. The minimum Gasteiger partial charge on any atom is -0.353 e. The fraction of sp³-hybridized carbons (Fsp3) is 0.800. The Bertz CT molecular complexity index is 122. The van der Waals surface area contributed by atoms with E-state index in [4.69, 9.17) is 0 Å². The van der Waals surface area contributed by atoms with Gasteiger partial charge in [0.2, 0.25) is 0 Å². The molecule has 0 aromatic heterocycles. The van der Waals surface area contributed by atoms with Crippen LogP contribution in [0, 0.1) is 0 Å². The van der Waals surface area contributed by atoms with Crippen LogP contribution < -0.4 is 5.32 Å². The summed E-state index contributed by atoms with van der Waals surface area (Å²) in [6.45, 7) is 1.78. The van der Waals surface area contributed by atoms with Gasteiger partial charge in [0.1, 0.15) is 0 Å². The normalized spacial score (nSPS) is 37.5.